The van der Waals surface area contributed by atoms with Gasteiger partial charge in [0.25, 0.3) is 5.91 Å². The van der Waals surface area contributed by atoms with Gasteiger partial charge in [0.2, 0.25) is 0 Å². The first kappa shape index (κ1) is 12.3. The Kier molecular flexibility index (Phi) is 3.12. The molecule has 0 saturated heterocycles. The molecular weight excluding hydrogens is 237 g/mol. The number of carbonyl (C=O) groups excluding carboxylic acids is 1. The first-order chi connectivity index (χ1) is 8.49. The van der Waals surface area contributed by atoms with E-state index in [1.807, 2.05) is 0 Å². The summed E-state index contributed by atoms with van der Waals surface area (Å²) < 4.78 is 14.5. The van der Waals surface area contributed by atoms with Gasteiger partial charge in [-0.2, -0.15) is 5.10 Å². The minimum absolute atomic E-state index is 0.107. The van der Waals surface area contributed by atoms with Gasteiger partial charge in [0.1, 0.15) is 11.5 Å². The molecule has 0 bridgehead atoms. The van der Waals surface area contributed by atoms with Crippen LogP contribution in [0.25, 0.3) is 5.69 Å². The van der Waals surface area contributed by atoms with Crippen molar-refractivity contribution >= 4 is 5.91 Å². The van der Waals surface area contributed by atoms with Crippen LogP contribution in [0.5, 0.6) is 0 Å². The number of hydrogen-bond acceptors (Lipinski definition) is 3. The van der Waals surface area contributed by atoms with Crippen molar-refractivity contribution in [1.29, 1.82) is 0 Å². The van der Waals surface area contributed by atoms with E-state index in [4.69, 9.17) is 5.73 Å². The van der Waals surface area contributed by atoms with Crippen molar-refractivity contribution in [3.05, 3.63) is 47.5 Å². The van der Waals surface area contributed by atoms with Crippen molar-refractivity contribution in [2.45, 2.75) is 13.0 Å². The van der Waals surface area contributed by atoms with Crippen LogP contribution >= 0.6 is 0 Å². The van der Waals surface area contributed by atoms with Gasteiger partial charge < -0.3 is 10.8 Å². The maximum absolute atomic E-state index is 13.1. The molecule has 5 nitrogen and oxygen atoms in total. The molecule has 2 aromatic rings. The Bertz CT molecular complexity index is 593. The van der Waals surface area contributed by atoms with Crippen LogP contribution in [0, 0.1) is 5.82 Å². The third-order valence-corrected chi connectivity index (χ3v) is 2.53. The molecule has 1 unspecified atom stereocenters. The molecule has 0 aliphatic heterocycles. The third-order valence-electron chi connectivity index (χ3n) is 2.53. The Hall–Kier alpha value is -2.21. The van der Waals surface area contributed by atoms with Crippen LogP contribution in [-0.4, -0.2) is 20.8 Å². The largest absolute Gasteiger partial charge is 0.389 e. The number of benzene rings is 1. The number of aliphatic hydroxyl groups excluding tert-OH is 1. The Labute approximate surface area is 103 Å². The number of primary amides is 1. The highest BCUT2D eigenvalue weighted by atomic mass is 19.1. The highest BCUT2D eigenvalue weighted by Crippen LogP contribution is 2.22. The summed E-state index contributed by atoms with van der Waals surface area (Å²) in [6.45, 7) is 1.52. The molecule has 2 rings (SSSR count). The van der Waals surface area contributed by atoms with E-state index < -0.39 is 17.8 Å². The van der Waals surface area contributed by atoms with Crippen molar-refractivity contribution < 1.29 is 14.3 Å². The summed E-state index contributed by atoms with van der Waals surface area (Å²) in [7, 11) is 0. The highest BCUT2D eigenvalue weighted by Gasteiger charge is 2.13. The maximum Gasteiger partial charge on any atom is 0.269 e. The molecule has 1 aromatic heterocycles. The second kappa shape index (κ2) is 4.58. The summed E-state index contributed by atoms with van der Waals surface area (Å²) >= 11 is 0. The molecule has 0 fully saturated rings. The summed E-state index contributed by atoms with van der Waals surface area (Å²) in [5.41, 5.74) is 6.09. The zero-order valence-corrected chi connectivity index (χ0v) is 9.67. The zero-order chi connectivity index (χ0) is 13.3. The molecule has 1 heterocycles. The predicted octanol–water partition coefficient (Wildman–Crippen LogP) is 1.16. The highest BCUT2D eigenvalue weighted by molar-refractivity contribution is 5.90. The van der Waals surface area contributed by atoms with Crippen LogP contribution in [0.1, 0.15) is 29.1 Å². The predicted molar refractivity (Wildman–Crippen MR) is 62.7 cm³/mol. The lowest BCUT2D eigenvalue weighted by Gasteiger charge is -2.11. The van der Waals surface area contributed by atoms with E-state index in [0.29, 0.717) is 11.3 Å². The van der Waals surface area contributed by atoms with Crippen molar-refractivity contribution in [2.24, 2.45) is 5.73 Å². The summed E-state index contributed by atoms with van der Waals surface area (Å²) in [5, 5.41) is 13.6. The normalized spacial score (nSPS) is 12.4. The van der Waals surface area contributed by atoms with Crippen molar-refractivity contribution in [2.75, 3.05) is 0 Å². The minimum atomic E-state index is -0.850. The standard InChI is InChI=1S/C12H12FN3O2/c1-7(17)9-6-8(13)2-3-11(9)16-5-4-10(15-16)12(14)18/h2-7,17H,1H3,(H2,14,18). The van der Waals surface area contributed by atoms with E-state index in [-0.39, 0.29) is 5.69 Å². The number of nitrogens with two attached hydrogens (primary N) is 1. The van der Waals surface area contributed by atoms with Gasteiger partial charge in [-0.15, -0.1) is 0 Å². The van der Waals surface area contributed by atoms with Crippen molar-refractivity contribution in [3.63, 3.8) is 0 Å². The Morgan fingerprint density at radius 3 is 2.78 bits per heavy atom. The van der Waals surface area contributed by atoms with Gasteiger partial charge in [0.15, 0.2) is 0 Å². The van der Waals surface area contributed by atoms with E-state index in [0.717, 1.165) is 0 Å². The smallest absolute Gasteiger partial charge is 0.269 e. The van der Waals surface area contributed by atoms with Gasteiger partial charge >= 0.3 is 0 Å². The number of aromatic nitrogens is 2. The topological polar surface area (TPSA) is 81.1 Å². The molecule has 1 aromatic carbocycles. The summed E-state index contributed by atoms with van der Waals surface area (Å²) in [5.74, 6) is -1.09. The fourth-order valence-corrected chi connectivity index (χ4v) is 1.66. The summed E-state index contributed by atoms with van der Waals surface area (Å²) in [6, 6.07) is 5.42. The van der Waals surface area contributed by atoms with Crippen LogP contribution < -0.4 is 5.73 Å². The molecule has 0 saturated carbocycles. The van der Waals surface area contributed by atoms with Gasteiger partial charge in [0, 0.05) is 11.8 Å². The lowest BCUT2D eigenvalue weighted by Crippen LogP contribution is -2.12. The van der Waals surface area contributed by atoms with Crippen LogP contribution in [-0.2, 0) is 0 Å². The quantitative estimate of drug-likeness (QED) is 0.856. The summed E-state index contributed by atoms with van der Waals surface area (Å²) in [4.78, 5) is 11.0. The Morgan fingerprint density at radius 2 is 2.22 bits per heavy atom. The molecule has 0 radical (unpaired) electrons. The van der Waals surface area contributed by atoms with Crippen LogP contribution in [0.15, 0.2) is 30.5 Å². The number of carbonyl (C=O) groups is 1. The average molecular weight is 249 g/mol. The molecule has 0 aliphatic rings. The summed E-state index contributed by atoms with van der Waals surface area (Å²) in [6.07, 6.45) is 0.677. The van der Waals surface area contributed by atoms with E-state index in [1.54, 1.807) is 0 Å². The molecule has 0 aliphatic carbocycles. The lowest BCUT2D eigenvalue weighted by atomic mass is 10.1. The number of nitrogens with zero attached hydrogens (tertiary/aromatic N) is 2. The SMILES string of the molecule is CC(O)c1cc(F)ccc1-n1ccc(C(N)=O)n1. The molecule has 0 spiro atoms. The van der Waals surface area contributed by atoms with Gasteiger partial charge in [-0.3, -0.25) is 4.79 Å². The van der Waals surface area contributed by atoms with E-state index >= 15 is 0 Å². The second-order valence-electron chi connectivity index (χ2n) is 3.89. The van der Waals surface area contributed by atoms with E-state index in [1.165, 1.54) is 42.1 Å². The van der Waals surface area contributed by atoms with E-state index in [9.17, 15) is 14.3 Å². The van der Waals surface area contributed by atoms with Crippen molar-refractivity contribution in [1.82, 2.24) is 9.78 Å². The molecule has 1 atom stereocenters. The van der Waals surface area contributed by atoms with Crippen LogP contribution in [0.4, 0.5) is 4.39 Å². The van der Waals surface area contributed by atoms with E-state index in [2.05, 4.69) is 5.10 Å². The van der Waals surface area contributed by atoms with Crippen LogP contribution in [0.2, 0.25) is 0 Å². The van der Waals surface area contributed by atoms with Gasteiger partial charge in [-0.25, -0.2) is 9.07 Å². The fourth-order valence-electron chi connectivity index (χ4n) is 1.66. The Balaban J connectivity index is 2.52. The van der Waals surface area contributed by atoms with Gasteiger partial charge in [-0.1, -0.05) is 0 Å². The molecule has 1 amide bonds. The monoisotopic (exact) mass is 249 g/mol. The first-order valence-corrected chi connectivity index (χ1v) is 5.32. The van der Waals surface area contributed by atoms with Crippen LogP contribution in [0.3, 0.4) is 0 Å². The molecule has 94 valence electrons. The number of halogens is 1. The minimum Gasteiger partial charge on any atom is -0.389 e. The maximum atomic E-state index is 13.1. The molecular formula is C12H12FN3O2. The zero-order valence-electron chi connectivity index (χ0n) is 9.67. The van der Waals surface area contributed by atoms with Gasteiger partial charge in [0.05, 0.1) is 11.8 Å². The number of amides is 1. The molecule has 3 N–H and O–H groups in total. The fraction of sp³-hybridized carbons (Fsp3) is 0.167. The number of rotatable bonds is 3. The second-order valence-corrected chi connectivity index (χ2v) is 3.89. The third kappa shape index (κ3) is 2.23. The molecule has 18 heavy (non-hydrogen) atoms. The van der Waals surface area contributed by atoms with Crippen molar-refractivity contribution in [3.8, 4) is 5.69 Å². The average Bonchev–Trinajstić information content (AvgIpc) is 2.78. The Morgan fingerprint density at radius 1 is 1.50 bits per heavy atom. The first-order valence-electron chi connectivity index (χ1n) is 5.32. The lowest BCUT2D eigenvalue weighted by molar-refractivity contribution is 0.0995. The molecule has 6 heteroatoms. The van der Waals surface area contributed by atoms with Gasteiger partial charge in [-0.05, 0) is 31.2 Å². The number of aliphatic hydroxyl groups is 1. The number of hydrogen-bond donors (Lipinski definition) is 2.